The van der Waals surface area contributed by atoms with Crippen molar-refractivity contribution in [3.63, 3.8) is 0 Å². The van der Waals surface area contributed by atoms with E-state index in [2.05, 4.69) is 41.5 Å². The molecule has 1 aromatic carbocycles. The maximum Gasteiger partial charge on any atom is 0.0233 e. The maximum atomic E-state index is 3.50. The van der Waals surface area contributed by atoms with Crippen molar-refractivity contribution in [2.24, 2.45) is 0 Å². The molecule has 1 saturated carbocycles. The molecule has 1 heterocycles. The summed E-state index contributed by atoms with van der Waals surface area (Å²) in [6.45, 7) is 3.48. The molecule has 1 atom stereocenters. The summed E-state index contributed by atoms with van der Waals surface area (Å²) >= 11 is 0. The Kier molecular flexibility index (Phi) is 5.88. The fourth-order valence-electron chi connectivity index (χ4n) is 3.22. The predicted octanol–water partition coefficient (Wildman–Crippen LogP) is 3.56. The van der Waals surface area contributed by atoms with Crippen molar-refractivity contribution in [2.45, 2.75) is 50.6 Å². The molecule has 1 saturated heterocycles. The fourth-order valence-corrected chi connectivity index (χ4v) is 3.22. The van der Waals surface area contributed by atoms with Crippen LogP contribution in [-0.2, 0) is 6.54 Å². The summed E-state index contributed by atoms with van der Waals surface area (Å²) < 4.78 is 0. The lowest BCUT2D eigenvalue weighted by Gasteiger charge is -2.27. The Morgan fingerprint density at radius 3 is 2.80 bits per heavy atom. The van der Waals surface area contributed by atoms with Gasteiger partial charge in [0.25, 0.3) is 0 Å². The third-order valence-electron chi connectivity index (χ3n) is 4.60. The van der Waals surface area contributed by atoms with Gasteiger partial charge in [-0.15, -0.1) is 12.4 Å². The normalized spacial score (nSPS) is 23.2. The van der Waals surface area contributed by atoms with Crippen molar-refractivity contribution in [1.29, 1.82) is 0 Å². The van der Waals surface area contributed by atoms with Crippen LogP contribution in [-0.4, -0.2) is 31.1 Å². The number of hydrogen-bond acceptors (Lipinski definition) is 2. The van der Waals surface area contributed by atoms with Crippen LogP contribution >= 0.6 is 12.4 Å². The van der Waals surface area contributed by atoms with E-state index < -0.39 is 0 Å². The van der Waals surface area contributed by atoms with E-state index in [-0.39, 0.29) is 12.4 Å². The first-order valence-corrected chi connectivity index (χ1v) is 7.83. The Bertz CT molecular complexity index is 409. The molecular weight excluding hydrogens is 268 g/mol. The highest BCUT2D eigenvalue weighted by molar-refractivity contribution is 5.85. The van der Waals surface area contributed by atoms with Crippen LogP contribution in [0.3, 0.4) is 0 Å². The Morgan fingerprint density at radius 1 is 1.15 bits per heavy atom. The van der Waals surface area contributed by atoms with E-state index in [1.165, 1.54) is 50.8 Å². The zero-order chi connectivity index (χ0) is 13.1. The minimum absolute atomic E-state index is 0. The number of hydrogen-bond donors (Lipinski definition) is 1. The molecule has 0 aromatic heterocycles. The van der Waals surface area contributed by atoms with Gasteiger partial charge in [0.1, 0.15) is 0 Å². The second kappa shape index (κ2) is 7.44. The zero-order valence-electron chi connectivity index (χ0n) is 12.5. The fraction of sp³-hybridized carbons (Fsp3) is 0.647. The van der Waals surface area contributed by atoms with Crippen LogP contribution < -0.4 is 5.32 Å². The van der Waals surface area contributed by atoms with E-state index in [4.69, 9.17) is 0 Å². The molecule has 2 aliphatic rings. The van der Waals surface area contributed by atoms with Gasteiger partial charge in [0.15, 0.2) is 0 Å². The average Bonchev–Trinajstić information content (AvgIpc) is 3.26. The van der Waals surface area contributed by atoms with Gasteiger partial charge in [0.05, 0.1) is 0 Å². The molecule has 3 heteroatoms. The Labute approximate surface area is 129 Å². The number of nitrogens with zero attached hydrogens (tertiary/aromatic N) is 1. The summed E-state index contributed by atoms with van der Waals surface area (Å²) in [7, 11) is 2.29. The van der Waals surface area contributed by atoms with Gasteiger partial charge >= 0.3 is 0 Å². The first-order chi connectivity index (χ1) is 9.33. The predicted molar refractivity (Wildman–Crippen MR) is 87.6 cm³/mol. The molecule has 2 fully saturated rings. The number of halogens is 1. The minimum atomic E-state index is 0. The molecule has 20 heavy (non-hydrogen) atoms. The number of rotatable bonds is 4. The average molecular weight is 295 g/mol. The molecule has 1 unspecified atom stereocenters. The van der Waals surface area contributed by atoms with Crippen LogP contribution in [0.5, 0.6) is 0 Å². The third-order valence-corrected chi connectivity index (χ3v) is 4.60. The molecule has 3 rings (SSSR count). The Hall–Kier alpha value is -0.570. The van der Waals surface area contributed by atoms with Gasteiger partial charge in [0.2, 0.25) is 0 Å². The van der Waals surface area contributed by atoms with Crippen LogP contribution in [0.25, 0.3) is 0 Å². The first-order valence-electron chi connectivity index (χ1n) is 7.83. The van der Waals surface area contributed by atoms with Crippen LogP contribution in [0.1, 0.15) is 49.1 Å². The molecule has 0 amide bonds. The molecule has 2 nitrogen and oxygen atoms in total. The summed E-state index contributed by atoms with van der Waals surface area (Å²) in [6.07, 6.45) is 6.74. The van der Waals surface area contributed by atoms with E-state index >= 15 is 0 Å². The van der Waals surface area contributed by atoms with Gasteiger partial charge < -0.3 is 5.32 Å². The van der Waals surface area contributed by atoms with Gasteiger partial charge in [0, 0.05) is 12.6 Å². The molecule has 1 aromatic rings. The largest absolute Gasteiger partial charge is 0.317 e. The summed E-state index contributed by atoms with van der Waals surface area (Å²) in [6, 6.07) is 10.0. The molecule has 0 bridgehead atoms. The van der Waals surface area contributed by atoms with Gasteiger partial charge in [-0.2, -0.15) is 0 Å². The number of benzene rings is 1. The molecular formula is C17H27ClN2. The van der Waals surface area contributed by atoms with Crippen LogP contribution in [0.15, 0.2) is 24.3 Å². The third kappa shape index (κ3) is 4.21. The smallest absolute Gasteiger partial charge is 0.0233 e. The Balaban J connectivity index is 0.00000147. The van der Waals surface area contributed by atoms with E-state index in [1.54, 1.807) is 5.56 Å². The van der Waals surface area contributed by atoms with Gasteiger partial charge in [-0.05, 0) is 69.3 Å². The van der Waals surface area contributed by atoms with Crippen molar-refractivity contribution in [2.75, 3.05) is 20.1 Å². The standard InChI is InChI=1S/C17H26N2.ClH/c1-19(17-6-3-10-18-11-9-17)13-14-4-2-5-16(12-14)15-7-8-15;/h2,4-5,12,15,17-18H,3,6-11,13H2,1H3;1H. The first kappa shape index (κ1) is 15.8. The Morgan fingerprint density at radius 2 is 2.00 bits per heavy atom. The van der Waals surface area contributed by atoms with Gasteiger partial charge in [-0.3, -0.25) is 4.90 Å². The van der Waals surface area contributed by atoms with Crippen LogP contribution in [0.4, 0.5) is 0 Å². The van der Waals surface area contributed by atoms with Gasteiger partial charge in [-0.25, -0.2) is 0 Å². The lowest BCUT2D eigenvalue weighted by molar-refractivity contribution is 0.216. The highest BCUT2D eigenvalue weighted by atomic mass is 35.5. The number of nitrogens with one attached hydrogen (secondary N) is 1. The van der Waals surface area contributed by atoms with E-state index in [1.807, 2.05) is 0 Å². The summed E-state index contributed by atoms with van der Waals surface area (Å²) in [5, 5.41) is 3.50. The van der Waals surface area contributed by atoms with Crippen molar-refractivity contribution in [3.05, 3.63) is 35.4 Å². The van der Waals surface area contributed by atoms with Crippen molar-refractivity contribution >= 4 is 12.4 Å². The SMILES string of the molecule is CN(Cc1cccc(C2CC2)c1)C1CCCNCC1.Cl. The second-order valence-electron chi connectivity index (χ2n) is 6.27. The lowest BCUT2D eigenvalue weighted by Crippen LogP contribution is -2.32. The summed E-state index contributed by atoms with van der Waals surface area (Å²) in [5.74, 6) is 0.868. The minimum Gasteiger partial charge on any atom is -0.317 e. The monoisotopic (exact) mass is 294 g/mol. The highest BCUT2D eigenvalue weighted by Gasteiger charge is 2.23. The van der Waals surface area contributed by atoms with E-state index in [0.29, 0.717) is 0 Å². The van der Waals surface area contributed by atoms with E-state index in [9.17, 15) is 0 Å². The quantitative estimate of drug-likeness (QED) is 0.913. The molecule has 1 N–H and O–H groups in total. The van der Waals surface area contributed by atoms with Crippen LogP contribution in [0, 0.1) is 0 Å². The zero-order valence-corrected chi connectivity index (χ0v) is 13.3. The molecule has 0 spiro atoms. The topological polar surface area (TPSA) is 15.3 Å². The second-order valence-corrected chi connectivity index (χ2v) is 6.27. The summed E-state index contributed by atoms with van der Waals surface area (Å²) in [4.78, 5) is 2.55. The molecule has 0 radical (unpaired) electrons. The van der Waals surface area contributed by atoms with Crippen molar-refractivity contribution in [1.82, 2.24) is 10.2 Å². The maximum absolute atomic E-state index is 3.50. The molecule has 1 aliphatic carbocycles. The highest BCUT2D eigenvalue weighted by Crippen LogP contribution is 2.40. The summed E-state index contributed by atoms with van der Waals surface area (Å²) in [5.41, 5.74) is 3.05. The molecule has 112 valence electrons. The van der Waals surface area contributed by atoms with Crippen molar-refractivity contribution < 1.29 is 0 Å². The van der Waals surface area contributed by atoms with Crippen molar-refractivity contribution in [3.8, 4) is 0 Å². The van der Waals surface area contributed by atoms with Crippen LogP contribution in [0.2, 0.25) is 0 Å². The van der Waals surface area contributed by atoms with E-state index in [0.717, 1.165) is 18.5 Å². The molecule has 1 aliphatic heterocycles. The van der Waals surface area contributed by atoms with Gasteiger partial charge in [-0.1, -0.05) is 24.3 Å². The lowest BCUT2D eigenvalue weighted by atomic mass is 10.0.